The summed E-state index contributed by atoms with van der Waals surface area (Å²) < 4.78 is 0. The molecular formula is C18H22N8O. The Labute approximate surface area is 156 Å². The molecule has 4 N–H and O–H groups in total. The Bertz CT molecular complexity index is 912. The Balaban J connectivity index is 1.76. The van der Waals surface area contributed by atoms with E-state index in [0.29, 0.717) is 30.3 Å². The number of carbonyl (C=O) groups is 1. The van der Waals surface area contributed by atoms with Crippen molar-refractivity contribution < 1.29 is 4.79 Å². The number of carbonyl (C=O) groups excluding carboxylic acids is 1. The molecule has 27 heavy (non-hydrogen) atoms. The molecular weight excluding hydrogens is 344 g/mol. The van der Waals surface area contributed by atoms with E-state index in [1.54, 1.807) is 0 Å². The van der Waals surface area contributed by atoms with Gasteiger partial charge in [-0.1, -0.05) is 44.2 Å². The lowest BCUT2D eigenvalue weighted by Crippen LogP contribution is -2.14. The van der Waals surface area contributed by atoms with Crippen LogP contribution in [-0.4, -0.2) is 36.3 Å². The van der Waals surface area contributed by atoms with Gasteiger partial charge in [-0.05, 0) is 5.56 Å². The Hall–Kier alpha value is -3.49. The van der Waals surface area contributed by atoms with Crippen LogP contribution >= 0.6 is 0 Å². The van der Waals surface area contributed by atoms with Gasteiger partial charge in [0, 0.05) is 31.0 Å². The number of allylic oxidation sites excluding steroid dienone is 1. The Morgan fingerprint density at radius 3 is 2.11 bits per heavy atom. The molecule has 0 aliphatic rings. The highest BCUT2D eigenvalue weighted by molar-refractivity contribution is 5.98. The van der Waals surface area contributed by atoms with Crippen LogP contribution in [0.3, 0.4) is 0 Å². The van der Waals surface area contributed by atoms with Crippen LogP contribution in [0.25, 0.3) is 0 Å². The molecule has 0 unspecified atom stereocenters. The standard InChI is InChI=1S/C18H22N8O/c1-3-14-20-17(25-23-14)19-13(10-12-8-6-5-7-9-12)11-16(27)22-18-21-15(4-2)24-26-18/h5-9,11H,3-4,10H2,1-2H3,(H2,19,20,23,25)(H2,21,22,24,26,27). The highest BCUT2D eigenvalue weighted by atomic mass is 16.1. The lowest BCUT2D eigenvalue weighted by molar-refractivity contribution is -0.112. The predicted molar refractivity (Wildman–Crippen MR) is 102 cm³/mol. The first-order valence-corrected chi connectivity index (χ1v) is 8.81. The molecule has 0 fully saturated rings. The van der Waals surface area contributed by atoms with E-state index in [2.05, 4.69) is 41.0 Å². The minimum absolute atomic E-state index is 0.248. The molecule has 9 heteroatoms. The number of H-pyrrole nitrogens is 2. The second-order valence-corrected chi connectivity index (χ2v) is 5.86. The molecule has 2 aromatic heterocycles. The van der Waals surface area contributed by atoms with E-state index in [1.807, 2.05) is 44.2 Å². The molecule has 0 spiro atoms. The average molecular weight is 366 g/mol. The first-order chi connectivity index (χ1) is 13.2. The van der Waals surface area contributed by atoms with E-state index < -0.39 is 0 Å². The van der Waals surface area contributed by atoms with Gasteiger partial charge in [0.05, 0.1) is 0 Å². The maximum atomic E-state index is 12.4. The summed E-state index contributed by atoms with van der Waals surface area (Å²) in [4.78, 5) is 20.9. The second kappa shape index (κ2) is 8.75. The first-order valence-electron chi connectivity index (χ1n) is 8.81. The van der Waals surface area contributed by atoms with E-state index >= 15 is 0 Å². The van der Waals surface area contributed by atoms with Gasteiger partial charge in [-0.25, -0.2) is 0 Å². The number of nitrogens with zero attached hydrogens (tertiary/aromatic N) is 4. The van der Waals surface area contributed by atoms with E-state index in [9.17, 15) is 4.79 Å². The van der Waals surface area contributed by atoms with Gasteiger partial charge >= 0.3 is 0 Å². The number of aryl methyl sites for hydroxylation is 2. The van der Waals surface area contributed by atoms with Crippen molar-refractivity contribution in [2.24, 2.45) is 0 Å². The van der Waals surface area contributed by atoms with Crippen LogP contribution in [0.1, 0.15) is 31.1 Å². The number of aromatic amines is 2. The largest absolute Gasteiger partial charge is 0.326 e. The molecule has 3 rings (SSSR count). The highest BCUT2D eigenvalue weighted by Gasteiger charge is 2.10. The number of aromatic nitrogens is 6. The highest BCUT2D eigenvalue weighted by Crippen LogP contribution is 2.11. The molecule has 2 heterocycles. The number of anilines is 2. The monoisotopic (exact) mass is 366 g/mol. The molecule has 0 aliphatic carbocycles. The molecule has 1 aromatic carbocycles. The van der Waals surface area contributed by atoms with Crippen LogP contribution in [0.4, 0.5) is 11.9 Å². The molecule has 0 bridgehead atoms. The zero-order valence-electron chi connectivity index (χ0n) is 15.3. The van der Waals surface area contributed by atoms with E-state index in [0.717, 1.165) is 17.8 Å². The van der Waals surface area contributed by atoms with Crippen LogP contribution in [0, 0.1) is 0 Å². The third-order valence-corrected chi connectivity index (χ3v) is 3.78. The molecule has 0 aliphatic heterocycles. The summed E-state index contributed by atoms with van der Waals surface area (Å²) in [5.41, 5.74) is 1.72. The van der Waals surface area contributed by atoms with E-state index in [-0.39, 0.29) is 11.9 Å². The minimum Gasteiger partial charge on any atom is -0.326 e. The topological polar surface area (TPSA) is 124 Å². The van der Waals surface area contributed by atoms with Gasteiger partial charge in [0.1, 0.15) is 11.6 Å². The molecule has 140 valence electrons. The summed E-state index contributed by atoms with van der Waals surface area (Å²) in [6.45, 7) is 3.94. The predicted octanol–water partition coefficient (Wildman–Crippen LogP) is 2.22. The lowest BCUT2D eigenvalue weighted by Gasteiger charge is -2.08. The summed E-state index contributed by atoms with van der Waals surface area (Å²) in [7, 11) is 0. The number of rotatable bonds is 8. The summed E-state index contributed by atoms with van der Waals surface area (Å²) in [5.74, 6) is 1.83. The van der Waals surface area contributed by atoms with Gasteiger partial charge in [0.25, 0.3) is 5.91 Å². The third kappa shape index (κ3) is 5.24. The summed E-state index contributed by atoms with van der Waals surface area (Å²) in [6, 6.07) is 9.84. The lowest BCUT2D eigenvalue weighted by atomic mass is 10.1. The average Bonchev–Trinajstić information content (AvgIpc) is 3.31. The van der Waals surface area contributed by atoms with Gasteiger partial charge in [0.2, 0.25) is 11.9 Å². The van der Waals surface area contributed by atoms with E-state index in [1.165, 1.54) is 6.08 Å². The number of hydrogen-bond donors (Lipinski definition) is 4. The van der Waals surface area contributed by atoms with Gasteiger partial charge in [-0.2, -0.15) is 9.97 Å². The fourth-order valence-corrected chi connectivity index (χ4v) is 2.41. The Morgan fingerprint density at radius 1 is 0.963 bits per heavy atom. The summed E-state index contributed by atoms with van der Waals surface area (Å²) >= 11 is 0. The van der Waals surface area contributed by atoms with Crippen molar-refractivity contribution in [3.63, 3.8) is 0 Å². The smallest absolute Gasteiger partial charge is 0.252 e. The number of benzene rings is 1. The maximum absolute atomic E-state index is 12.4. The minimum atomic E-state index is -0.332. The fraction of sp³-hybridized carbons (Fsp3) is 0.278. The van der Waals surface area contributed by atoms with Crippen molar-refractivity contribution in [3.8, 4) is 0 Å². The summed E-state index contributed by atoms with van der Waals surface area (Å²) in [6.07, 6.45) is 3.46. The van der Waals surface area contributed by atoms with Crippen molar-refractivity contribution in [2.45, 2.75) is 33.1 Å². The van der Waals surface area contributed by atoms with Crippen molar-refractivity contribution in [1.29, 1.82) is 0 Å². The van der Waals surface area contributed by atoms with Crippen LogP contribution in [-0.2, 0) is 24.1 Å². The molecule has 0 radical (unpaired) electrons. The number of hydrogen-bond acceptors (Lipinski definition) is 6. The molecule has 9 nitrogen and oxygen atoms in total. The van der Waals surface area contributed by atoms with Crippen LogP contribution in [0.15, 0.2) is 42.1 Å². The first kappa shape index (κ1) is 18.3. The molecule has 3 aromatic rings. The SMILES string of the molecule is CCc1nc(NC(=O)C=C(Cc2ccccc2)Nc2n[nH]c(CC)n2)n[nH]1. The van der Waals surface area contributed by atoms with Crippen LogP contribution in [0.2, 0.25) is 0 Å². The van der Waals surface area contributed by atoms with Gasteiger partial charge in [-0.3, -0.25) is 20.3 Å². The van der Waals surface area contributed by atoms with Crippen molar-refractivity contribution in [3.05, 3.63) is 59.3 Å². The van der Waals surface area contributed by atoms with Crippen molar-refractivity contribution in [1.82, 2.24) is 30.4 Å². The van der Waals surface area contributed by atoms with E-state index in [4.69, 9.17) is 0 Å². The van der Waals surface area contributed by atoms with Gasteiger partial charge in [-0.15, -0.1) is 10.2 Å². The van der Waals surface area contributed by atoms with Crippen molar-refractivity contribution in [2.75, 3.05) is 10.6 Å². The van der Waals surface area contributed by atoms with Crippen molar-refractivity contribution >= 4 is 17.8 Å². The maximum Gasteiger partial charge on any atom is 0.252 e. The Kier molecular flexibility index (Phi) is 5.93. The van der Waals surface area contributed by atoms with Crippen LogP contribution < -0.4 is 10.6 Å². The normalized spacial score (nSPS) is 11.4. The summed E-state index contributed by atoms with van der Waals surface area (Å²) in [5, 5.41) is 19.5. The molecule has 1 amide bonds. The molecule has 0 saturated heterocycles. The molecule has 0 saturated carbocycles. The Morgan fingerprint density at radius 2 is 1.56 bits per heavy atom. The number of amides is 1. The van der Waals surface area contributed by atoms with Gasteiger partial charge < -0.3 is 5.32 Å². The zero-order valence-corrected chi connectivity index (χ0v) is 15.3. The van der Waals surface area contributed by atoms with Gasteiger partial charge in [0.15, 0.2) is 0 Å². The second-order valence-electron chi connectivity index (χ2n) is 5.86. The molecule has 0 atom stereocenters. The zero-order chi connectivity index (χ0) is 19.1. The quantitative estimate of drug-likeness (QED) is 0.453. The van der Waals surface area contributed by atoms with Crippen LogP contribution in [0.5, 0.6) is 0 Å². The fourth-order valence-electron chi connectivity index (χ4n) is 2.41. The third-order valence-electron chi connectivity index (χ3n) is 3.78. The number of nitrogens with one attached hydrogen (secondary N) is 4.